The molecule has 0 spiro atoms. The predicted molar refractivity (Wildman–Crippen MR) is 143 cm³/mol. The number of halogens is 3. The summed E-state index contributed by atoms with van der Waals surface area (Å²) in [4.78, 5) is 36.9. The number of alkyl halides is 3. The van der Waals surface area contributed by atoms with Crippen molar-refractivity contribution in [2.45, 2.75) is 75.7 Å². The van der Waals surface area contributed by atoms with Gasteiger partial charge in [-0.3, -0.25) is 9.59 Å². The maximum Gasteiger partial charge on any atom is 0.433 e. The van der Waals surface area contributed by atoms with Crippen LogP contribution >= 0.6 is 11.3 Å². The summed E-state index contributed by atoms with van der Waals surface area (Å²) >= 11 is 1.36. The van der Waals surface area contributed by atoms with Crippen molar-refractivity contribution in [1.29, 1.82) is 0 Å². The van der Waals surface area contributed by atoms with Crippen molar-refractivity contribution in [2.75, 3.05) is 5.32 Å². The van der Waals surface area contributed by atoms with E-state index in [0.717, 1.165) is 28.3 Å². The number of aryl methyl sites for hydroxylation is 1. The van der Waals surface area contributed by atoms with Crippen molar-refractivity contribution in [1.82, 2.24) is 25.6 Å². The second-order valence-corrected chi connectivity index (χ2v) is 11.4. The minimum Gasteiger partial charge on any atom is -0.383 e. The van der Waals surface area contributed by atoms with Crippen LogP contribution in [0.1, 0.15) is 61.2 Å². The van der Waals surface area contributed by atoms with Gasteiger partial charge in [-0.1, -0.05) is 6.07 Å². The van der Waals surface area contributed by atoms with Crippen LogP contribution in [0.3, 0.4) is 0 Å². The number of carbonyl (C=O) groups is 2. The molecule has 2 aliphatic rings. The van der Waals surface area contributed by atoms with Crippen LogP contribution in [-0.2, 0) is 21.4 Å². The first-order valence-corrected chi connectivity index (χ1v) is 13.9. The number of nitrogens with one attached hydrogen (secondary N) is 3. The molecule has 2 amide bonds. The van der Waals surface area contributed by atoms with E-state index in [-0.39, 0.29) is 23.8 Å². The molecular weight excluding hydrogens is 545 g/mol. The van der Waals surface area contributed by atoms with Gasteiger partial charge in [0, 0.05) is 30.5 Å². The summed E-state index contributed by atoms with van der Waals surface area (Å²) in [5.74, 6) is -0.454. The molecule has 1 saturated heterocycles. The van der Waals surface area contributed by atoms with Gasteiger partial charge in [0.15, 0.2) is 0 Å². The van der Waals surface area contributed by atoms with Crippen LogP contribution in [0.5, 0.6) is 0 Å². The number of nitrogens with zero attached hydrogens (tertiary/aromatic N) is 3. The number of piperidine rings is 1. The van der Waals surface area contributed by atoms with Crippen molar-refractivity contribution < 1.29 is 27.9 Å². The number of carbonyl (C=O) groups excluding carboxylic acids is 2. The third-order valence-electron chi connectivity index (χ3n) is 7.18. The zero-order chi connectivity index (χ0) is 28.5. The molecule has 13 heteroatoms. The molecule has 0 radical (unpaired) electrons. The summed E-state index contributed by atoms with van der Waals surface area (Å²) in [6, 6.07) is 5.70. The van der Waals surface area contributed by atoms with Gasteiger partial charge in [-0.05, 0) is 74.8 Å². The second kappa shape index (κ2) is 11.1. The molecule has 1 aliphatic heterocycles. The van der Waals surface area contributed by atoms with Gasteiger partial charge in [0.05, 0.1) is 4.88 Å². The highest BCUT2D eigenvalue weighted by molar-refractivity contribution is 7.15. The molecule has 2 aromatic heterocycles. The smallest absolute Gasteiger partial charge is 0.383 e. The van der Waals surface area contributed by atoms with Gasteiger partial charge in [0.2, 0.25) is 17.8 Å². The summed E-state index contributed by atoms with van der Waals surface area (Å²) < 4.78 is 39.1. The van der Waals surface area contributed by atoms with E-state index >= 15 is 0 Å². The van der Waals surface area contributed by atoms with Gasteiger partial charge in [-0.15, -0.1) is 11.3 Å². The first-order valence-electron chi connectivity index (χ1n) is 13.1. The van der Waals surface area contributed by atoms with E-state index in [1.165, 1.54) is 11.3 Å². The van der Waals surface area contributed by atoms with Gasteiger partial charge in [0.25, 0.3) is 0 Å². The Balaban J connectivity index is 1.24. The average Bonchev–Trinajstić information content (AvgIpc) is 3.41. The van der Waals surface area contributed by atoms with Gasteiger partial charge in [-0.2, -0.15) is 13.2 Å². The van der Waals surface area contributed by atoms with Gasteiger partial charge in [-0.25, -0.2) is 15.0 Å². The molecule has 212 valence electrons. The standard InChI is InChI=1S/C27H29F3N6O3S/c1-15-11-16(13-18(12-15)34-25-31-10-7-21(36-25)27(28,29)30)20-14-32-24(40-20)26(39)8-5-17(6-9-26)33-23(38)19-3-2-4-22(37)35-19/h7,10-14,17,19,39H,2-6,8-9H2,1H3,(H,33,38)(H,35,37)(H,31,34,36)/t17-,19-,26+/m0/s1. The van der Waals surface area contributed by atoms with Crippen molar-refractivity contribution in [3.63, 3.8) is 0 Å². The van der Waals surface area contributed by atoms with Crippen LogP contribution < -0.4 is 16.0 Å². The molecule has 0 bridgehead atoms. The fourth-order valence-electron chi connectivity index (χ4n) is 5.08. The molecule has 2 fully saturated rings. The lowest BCUT2D eigenvalue weighted by molar-refractivity contribution is -0.141. The molecule has 0 unspecified atom stereocenters. The van der Waals surface area contributed by atoms with E-state index in [2.05, 4.69) is 30.9 Å². The van der Waals surface area contributed by atoms with Gasteiger partial charge >= 0.3 is 6.18 Å². The summed E-state index contributed by atoms with van der Waals surface area (Å²) in [7, 11) is 0. The first kappa shape index (κ1) is 28.0. The van der Waals surface area contributed by atoms with Crippen molar-refractivity contribution in [2.24, 2.45) is 0 Å². The summed E-state index contributed by atoms with van der Waals surface area (Å²) in [5.41, 5.74) is 0.0185. The normalized spacial score (nSPS) is 23.4. The van der Waals surface area contributed by atoms with E-state index in [1.54, 1.807) is 18.3 Å². The molecule has 3 heterocycles. The van der Waals surface area contributed by atoms with E-state index < -0.39 is 23.5 Å². The van der Waals surface area contributed by atoms with Crippen molar-refractivity contribution >= 4 is 34.8 Å². The monoisotopic (exact) mass is 574 g/mol. The fraction of sp³-hybridized carbons (Fsp3) is 0.444. The number of aliphatic hydroxyl groups is 1. The summed E-state index contributed by atoms with van der Waals surface area (Å²) in [6.07, 6.45) is 1.92. The Hall–Kier alpha value is -3.58. The lowest BCUT2D eigenvalue weighted by Crippen LogP contribution is -2.52. The van der Waals surface area contributed by atoms with Gasteiger partial charge in [0.1, 0.15) is 22.3 Å². The number of benzene rings is 1. The number of hydrogen-bond donors (Lipinski definition) is 4. The Morgan fingerprint density at radius 2 is 1.95 bits per heavy atom. The number of amides is 2. The van der Waals surface area contributed by atoms with E-state index in [4.69, 9.17) is 0 Å². The SMILES string of the molecule is Cc1cc(Nc2nccc(C(F)(F)F)n2)cc(-c2cnc([C@]3(O)CC[C@@H](NC(=O)[C@@H]4CCCC(=O)N4)CC3)s2)c1. The lowest BCUT2D eigenvalue weighted by atomic mass is 9.82. The quantitative estimate of drug-likeness (QED) is 0.339. The maximum atomic E-state index is 13.0. The third kappa shape index (κ3) is 6.41. The largest absolute Gasteiger partial charge is 0.433 e. The highest BCUT2D eigenvalue weighted by atomic mass is 32.1. The minimum atomic E-state index is -4.58. The van der Waals surface area contributed by atoms with Crippen LogP contribution in [0.2, 0.25) is 0 Å². The van der Waals surface area contributed by atoms with Crippen LogP contribution in [0.4, 0.5) is 24.8 Å². The minimum absolute atomic E-state index is 0.0884. The number of hydrogen-bond acceptors (Lipinski definition) is 8. The van der Waals surface area contributed by atoms with E-state index in [9.17, 15) is 27.9 Å². The molecule has 1 aliphatic carbocycles. The molecule has 9 nitrogen and oxygen atoms in total. The zero-order valence-electron chi connectivity index (χ0n) is 21.7. The Labute approximate surface area is 232 Å². The number of thiazole rings is 1. The topological polar surface area (TPSA) is 129 Å². The van der Waals surface area contributed by atoms with E-state index in [1.807, 2.05) is 13.0 Å². The summed E-state index contributed by atoms with van der Waals surface area (Å²) in [6.45, 7) is 1.87. The predicted octanol–water partition coefficient (Wildman–Crippen LogP) is 4.59. The number of aromatic nitrogens is 3. The number of anilines is 2. The third-order valence-corrected chi connectivity index (χ3v) is 8.42. The molecule has 4 N–H and O–H groups in total. The van der Waals surface area contributed by atoms with Crippen LogP contribution in [0.25, 0.3) is 10.4 Å². The fourth-order valence-corrected chi connectivity index (χ4v) is 6.13. The maximum absolute atomic E-state index is 13.0. The zero-order valence-corrected chi connectivity index (χ0v) is 22.5. The molecular formula is C27H29F3N6O3S. The molecule has 3 aromatic rings. The molecule has 1 saturated carbocycles. The van der Waals surface area contributed by atoms with Crippen LogP contribution in [0.15, 0.2) is 36.7 Å². The first-order chi connectivity index (χ1) is 19.0. The highest BCUT2D eigenvalue weighted by Crippen LogP contribution is 2.41. The Bertz CT molecular complexity index is 1400. The van der Waals surface area contributed by atoms with E-state index in [0.29, 0.717) is 55.6 Å². The molecule has 1 atom stereocenters. The second-order valence-electron chi connectivity index (χ2n) is 10.3. The van der Waals surface area contributed by atoms with Crippen molar-refractivity contribution in [3.8, 4) is 10.4 Å². The van der Waals surface area contributed by atoms with Crippen LogP contribution in [-0.4, -0.2) is 44.0 Å². The Morgan fingerprint density at radius 3 is 2.67 bits per heavy atom. The van der Waals surface area contributed by atoms with Crippen LogP contribution in [0, 0.1) is 6.92 Å². The lowest BCUT2D eigenvalue weighted by Gasteiger charge is -2.35. The Morgan fingerprint density at radius 1 is 1.18 bits per heavy atom. The van der Waals surface area contributed by atoms with Crippen molar-refractivity contribution in [3.05, 3.63) is 52.9 Å². The molecule has 5 rings (SSSR count). The van der Waals surface area contributed by atoms with Gasteiger partial charge < -0.3 is 21.1 Å². The number of rotatable bonds is 6. The average molecular weight is 575 g/mol. The molecule has 1 aromatic carbocycles. The summed E-state index contributed by atoms with van der Waals surface area (Å²) in [5, 5.41) is 20.6. The Kier molecular flexibility index (Phi) is 7.78. The highest BCUT2D eigenvalue weighted by Gasteiger charge is 2.38. The molecule has 40 heavy (non-hydrogen) atoms.